The highest BCUT2D eigenvalue weighted by Crippen LogP contribution is 1.85. The number of rotatable bonds is 5. The molecule has 4 N–H and O–H groups in total. The summed E-state index contributed by atoms with van der Waals surface area (Å²) in [5.74, 6) is -0.456. The van der Waals surface area contributed by atoms with E-state index in [-0.39, 0.29) is 13.2 Å². The van der Waals surface area contributed by atoms with Gasteiger partial charge in [-0.2, -0.15) is 0 Å². The first-order valence-electron chi connectivity index (χ1n) is 4.02. The molecule has 0 unspecified atom stereocenters. The van der Waals surface area contributed by atoms with Crippen LogP contribution in [0.2, 0.25) is 0 Å². The van der Waals surface area contributed by atoms with Gasteiger partial charge in [0.1, 0.15) is 0 Å². The average Bonchev–Trinajstić information content (AvgIpc) is 2.02. The average molecular weight is 189 g/mol. The van der Waals surface area contributed by atoms with Crippen molar-refractivity contribution in [1.82, 2.24) is 10.2 Å². The van der Waals surface area contributed by atoms with Crippen LogP contribution in [0.5, 0.6) is 0 Å². The molecule has 0 radical (unpaired) electrons. The second-order valence-corrected chi connectivity index (χ2v) is 2.50. The smallest absolute Gasteiger partial charge is 0.318 e. The van der Waals surface area contributed by atoms with Gasteiger partial charge < -0.3 is 10.8 Å². The van der Waals surface area contributed by atoms with Gasteiger partial charge >= 0.3 is 6.03 Å². The Morgan fingerprint density at radius 2 is 2.15 bits per heavy atom. The molecule has 0 aromatic heterocycles. The molecule has 13 heavy (non-hydrogen) atoms. The van der Waals surface area contributed by atoms with E-state index in [1.54, 1.807) is 4.90 Å². The lowest BCUT2D eigenvalue weighted by atomic mass is 10.4. The molecule has 0 fully saturated rings. The normalized spacial score (nSPS) is 10.1. The number of nitrogens with one attached hydrogen (secondary N) is 1. The first-order valence-corrected chi connectivity index (χ1v) is 4.02. The lowest BCUT2D eigenvalue weighted by molar-refractivity contribution is -0.121. The van der Waals surface area contributed by atoms with Crippen molar-refractivity contribution >= 4 is 11.9 Å². The van der Waals surface area contributed by atoms with Crippen LogP contribution in [0, 0.1) is 0 Å². The van der Waals surface area contributed by atoms with Gasteiger partial charge in [0.05, 0.1) is 13.2 Å². The van der Waals surface area contributed by atoms with Gasteiger partial charge in [-0.1, -0.05) is 6.92 Å². The number of amides is 3. The van der Waals surface area contributed by atoms with Crippen LogP contribution >= 0.6 is 0 Å². The van der Waals surface area contributed by atoms with E-state index in [0.717, 1.165) is 0 Å². The Hall–Kier alpha value is -1.14. The summed E-state index contributed by atoms with van der Waals surface area (Å²) in [6.07, 6.45) is 0. The maximum absolute atomic E-state index is 11.0. The number of nitrogens with two attached hydrogens (primary N) is 1. The summed E-state index contributed by atoms with van der Waals surface area (Å²) in [5.41, 5.74) is 4.75. The topological polar surface area (TPSA) is 95.7 Å². The number of urea groups is 1. The Morgan fingerprint density at radius 1 is 1.54 bits per heavy atom. The standard InChI is InChI=1S/C7H15N3O3/c1-2-10(3-4-11)5-6(12)9-7(8)13/h11H,2-5H2,1H3,(H3,8,9,12,13). The minimum absolute atomic E-state index is 0.0162. The van der Waals surface area contributed by atoms with Crippen LogP contribution in [0.15, 0.2) is 0 Å². The van der Waals surface area contributed by atoms with Gasteiger partial charge in [-0.15, -0.1) is 0 Å². The molecule has 0 aliphatic carbocycles. The Balaban J connectivity index is 3.79. The molecular weight excluding hydrogens is 174 g/mol. The number of carbonyl (C=O) groups excluding carboxylic acids is 2. The third kappa shape index (κ3) is 6.06. The molecule has 0 heterocycles. The van der Waals surface area contributed by atoms with Crippen molar-refractivity contribution in [1.29, 1.82) is 0 Å². The predicted molar refractivity (Wildman–Crippen MR) is 46.9 cm³/mol. The number of carbonyl (C=O) groups is 2. The second kappa shape index (κ2) is 6.38. The highest BCUT2D eigenvalue weighted by Gasteiger charge is 2.09. The van der Waals surface area contributed by atoms with Crippen LogP contribution < -0.4 is 11.1 Å². The van der Waals surface area contributed by atoms with E-state index in [1.807, 2.05) is 12.2 Å². The highest BCUT2D eigenvalue weighted by atomic mass is 16.3. The van der Waals surface area contributed by atoms with Crippen molar-refractivity contribution in [3.05, 3.63) is 0 Å². The Kier molecular flexibility index (Phi) is 5.82. The first-order chi connectivity index (χ1) is 6.10. The second-order valence-electron chi connectivity index (χ2n) is 2.50. The van der Waals surface area contributed by atoms with Crippen LogP contribution in [0.1, 0.15) is 6.92 Å². The third-order valence-electron chi connectivity index (χ3n) is 1.49. The number of nitrogens with zero attached hydrogens (tertiary/aromatic N) is 1. The van der Waals surface area contributed by atoms with E-state index in [4.69, 9.17) is 10.8 Å². The van der Waals surface area contributed by atoms with Crippen LogP contribution in [0.4, 0.5) is 4.79 Å². The van der Waals surface area contributed by atoms with E-state index >= 15 is 0 Å². The number of aliphatic hydroxyl groups excluding tert-OH is 1. The molecule has 0 aliphatic rings. The molecule has 6 heteroatoms. The molecule has 3 amide bonds. The summed E-state index contributed by atoms with van der Waals surface area (Å²) >= 11 is 0. The van der Waals surface area contributed by atoms with Gasteiger partial charge in [0.25, 0.3) is 0 Å². The predicted octanol–water partition coefficient (Wildman–Crippen LogP) is -1.50. The fourth-order valence-corrected chi connectivity index (χ4v) is 0.870. The SMILES string of the molecule is CCN(CCO)CC(=O)NC(N)=O. The van der Waals surface area contributed by atoms with Gasteiger partial charge in [0.15, 0.2) is 0 Å². The van der Waals surface area contributed by atoms with Crippen LogP contribution in [-0.4, -0.2) is 48.2 Å². The molecule has 0 saturated carbocycles. The number of hydrogen-bond acceptors (Lipinski definition) is 4. The molecule has 0 aromatic rings. The highest BCUT2D eigenvalue weighted by molar-refractivity contribution is 5.94. The summed E-state index contributed by atoms with van der Waals surface area (Å²) in [6, 6.07) is -0.856. The van der Waals surface area contributed by atoms with Crippen molar-refractivity contribution < 1.29 is 14.7 Å². The molecule has 0 aromatic carbocycles. The monoisotopic (exact) mass is 189 g/mol. The molecular formula is C7H15N3O3. The fraction of sp³-hybridized carbons (Fsp3) is 0.714. The lowest BCUT2D eigenvalue weighted by Crippen LogP contribution is -2.43. The molecule has 0 rings (SSSR count). The Bertz CT molecular complexity index is 184. The van der Waals surface area contributed by atoms with Crippen molar-refractivity contribution in [3.8, 4) is 0 Å². The summed E-state index contributed by atoms with van der Waals surface area (Å²) in [7, 11) is 0. The van der Waals surface area contributed by atoms with E-state index in [1.165, 1.54) is 0 Å². The van der Waals surface area contributed by atoms with Crippen molar-refractivity contribution in [2.45, 2.75) is 6.92 Å². The van der Waals surface area contributed by atoms with Gasteiger partial charge in [-0.25, -0.2) is 4.79 Å². The molecule has 6 nitrogen and oxygen atoms in total. The minimum Gasteiger partial charge on any atom is -0.395 e. The minimum atomic E-state index is -0.856. The van der Waals surface area contributed by atoms with Crippen LogP contribution in [-0.2, 0) is 4.79 Å². The van der Waals surface area contributed by atoms with E-state index < -0.39 is 11.9 Å². The fourth-order valence-electron chi connectivity index (χ4n) is 0.870. The zero-order chi connectivity index (χ0) is 10.3. The Labute approximate surface area is 76.7 Å². The van der Waals surface area contributed by atoms with Gasteiger partial charge in [0, 0.05) is 6.54 Å². The zero-order valence-electron chi connectivity index (χ0n) is 7.62. The summed E-state index contributed by atoms with van der Waals surface area (Å²) < 4.78 is 0. The Morgan fingerprint density at radius 3 is 2.54 bits per heavy atom. The first kappa shape index (κ1) is 11.9. The molecule has 0 spiro atoms. The van der Waals surface area contributed by atoms with Gasteiger partial charge in [0.2, 0.25) is 5.91 Å². The summed E-state index contributed by atoms with van der Waals surface area (Å²) in [6.45, 7) is 2.94. The molecule has 0 saturated heterocycles. The van der Waals surface area contributed by atoms with E-state index in [0.29, 0.717) is 13.1 Å². The van der Waals surface area contributed by atoms with E-state index in [2.05, 4.69) is 0 Å². The van der Waals surface area contributed by atoms with E-state index in [9.17, 15) is 9.59 Å². The van der Waals surface area contributed by atoms with Crippen LogP contribution in [0.25, 0.3) is 0 Å². The van der Waals surface area contributed by atoms with Gasteiger partial charge in [-0.05, 0) is 6.54 Å². The third-order valence-corrected chi connectivity index (χ3v) is 1.49. The number of imide groups is 1. The summed E-state index contributed by atoms with van der Waals surface area (Å²) in [4.78, 5) is 22.9. The van der Waals surface area contributed by atoms with Crippen molar-refractivity contribution in [2.24, 2.45) is 5.73 Å². The lowest BCUT2D eigenvalue weighted by Gasteiger charge is -2.17. The largest absolute Gasteiger partial charge is 0.395 e. The summed E-state index contributed by atoms with van der Waals surface area (Å²) in [5, 5.41) is 10.5. The van der Waals surface area contributed by atoms with Crippen LogP contribution in [0.3, 0.4) is 0 Å². The maximum Gasteiger partial charge on any atom is 0.318 e. The van der Waals surface area contributed by atoms with Gasteiger partial charge in [-0.3, -0.25) is 15.0 Å². The quantitative estimate of drug-likeness (QED) is 0.490. The molecule has 0 bridgehead atoms. The van der Waals surface area contributed by atoms with Crippen molar-refractivity contribution in [3.63, 3.8) is 0 Å². The van der Waals surface area contributed by atoms with Crippen molar-refractivity contribution in [2.75, 3.05) is 26.2 Å². The number of primary amides is 1. The molecule has 76 valence electrons. The number of aliphatic hydroxyl groups is 1. The number of hydrogen-bond donors (Lipinski definition) is 3. The molecule has 0 atom stereocenters. The molecule has 0 aliphatic heterocycles. The zero-order valence-corrected chi connectivity index (χ0v) is 7.62. The maximum atomic E-state index is 11.0. The number of likely N-dealkylation sites (N-methyl/N-ethyl adjacent to an activating group) is 1.